The van der Waals surface area contributed by atoms with Gasteiger partial charge in [0, 0.05) is 5.33 Å². The van der Waals surface area contributed by atoms with E-state index in [1.54, 1.807) is 0 Å². The predicted molar refractivity (Wildman–Crippen MR) is 69.4 cm³/mol. The molecule has 0 fully saturated rings. The predicted octanol–water partition coefficient (Wildman–Crippen LogP) is 3.03. The zero-order chi connectivity index (χ0) is 11.7. The first-order valence-corrected chi connectivity index (χ1v) is 6.43. The van der Waals surface area contributed by atoms with E-state index >= 15 is 0 Å². The molecule has 0 aliphatic carbocycles. The van der Waals surface area contributed by atoms with Gasteiger partial charge in [0.25, 0.3) is 5.56 Å². The second kappa shape index (κ2) is 4.55. The first kappa shape index (κ1) is 11.6. The van der Waals surface area contributed by atoms with Gasteiger partial charge in [0.1, 0.15) is 5.69 Å². The van der Waals surface area contributed by atoms with E-state index in [1.165, 1.54) is 0 Å². The monoisotopic (exact) mass is 300 g/mol. The van der Waals surface area contributed by atoms with Gasteiger partial charge in [0.15, 0.2) is 0 Å². The van der Waals surface area contributed by atoms with Crippen LogP contribution in [0.25, 0.3) is 11.0 Å². The van der Waals surface area contributed by atoms with Gasteiger partial charge < -0.3 is 4.98 Å². The van der Waals surface area contributed by atoms with Crippen molar-refractivity contribution in [2.24, 2.45) is 0 Å². The molecular weight excluding hydrogens is 291 g/mol. The van der Waals surface area contributed by atoms with Gasteiger partial charge in [0.05, 0.1) is 16.1 Å². The molecule has 5 heteroatoms. The molecule has 0 bridgehead atoms. The number of fused-ring (bicyclic) bond motifs is 1. The summed E-state index contributed by atoms with van der Waals surface area (Å²) in [6.07, 6.45) is 0.614. The third-order valence-electron chi connectivity index (χ3n) is 2.43. The fourth-order valence-corrected chi connectivity index (χ4v) is 2.45. The van der Waals surface area contributed by atoms with Crippen molar-refractivity contribution in [2.75, 3.05) is 0 Å². The number of rotatable bonds is 2. The molecule has 3 nitrogen and oxygen atoms in total. The van der Waals surface area contributed by atoms with Gasteiger partial charge in [-0.1, -0.05) is 40.5 Å². The molecule has 0 saturated heterocycles. The highest BCUT2D eigenvalue weighted by Crippen LogP contribution is 2.25. The molecule has 16 heavy (non-hydrogen) atoms. The molecule has 1 aromatic heterocycles. The van der Waals surface area contributed by atoms with Crippen LogP contribution in [-0.4, -0.2) is 9.97 Å². The molecule has 84 valence electrons. The van der Waals surface area contributed by atoms with Crippen LogP contribution in [0.3, 0.4) is 0 Å². The van der Waals surface area contributed by atoms with Gasteiger partial charge in [-0.3, -0.25) is 4.79 Å². The average molecular weight is 302 g/mol. The Morgan fingerprint density at radius 1 is 1.50 bits per heavy atom. The number of halogens is 2. The van der Waals surface area contributed by atoms with Crippen molar-refractivity contribution in [1.82, 2.24) is 9.97 Å². The Hall–Kier alpha value is -0.870. The average Bonchev–Trinajstić information content (AvgIpc) is 2.30. The Morgan fingerprint density at radius 2 is 2.25 bits per heavy atom. The highest BCUT2D eigenvalue weighted by molar-refractivity contribution is 9.08. The largest absolute Gasteiger partial charge is 0.318 e. The molecule has 2 aromatic rings. The lowest BCUT2D eigenvalue weighted by Gasteiger charge is -2.05. The number of aromatic amines is 1. The molecule has 0 aliphatic heterocycles. The molecule has 0 spiro atoms. The molecule has 0 atom stereocenters. The van der Waals surface area contributed by atoms with Gasteiger partial charge in [0.2, 0.25) is 0 Å². The summed E-state index contributed by atoms with van der Waals surface area (Å²) >= 11 is 9.51. The zero-order valence-electron chi connectivity index (χ0n) is 8.68. The summed E-state index contributed by atoms with van der Waals surface area (Å²) in [7, 11) is 0. The molecular formula is C11H10BrClN2O. The highest BCUT2D eigenvalue weighted by atomic mass is 79.9. The summed E-state index contributed by atoms with van der Waals surface area (Å²) in [4.78, 5) is 18.7. The molecule has 2 rings (SSSR count). The van der Waals surface area contributed by atoms with Crippen molar-refractivity contribution in [1.29, 1.82) is 0 Å². The highest BCUT2D eigenvalue weighted by Gasteiger charge is 2.08. The van der Waals surface area contributed by atoms with E-state index in [0.717, 1.165) is 11.1 Å². The SMILES string of the molecule is CCc1nc2ccc(CBr)c(Cl)c2[nH]c1=O. The lowest BCUT2D eigenvalue weighted by atomic mass is 10.2. The molecule has 0 unspecified atom stereocenters. The van der Waals surface area contributed by atoms with Crippen LogP contribution >= 0.6 is 27.5 Å². The smallest absolute Gasteiger partial charge is 0.270 e. The molecule has 1 aromatic carbocycles. The summed E-state index contributed by atoms with van der Waals surface area (Å²) < 4.78 is 0. The Morgan fingerprint density at radius 3 is 2.88 bits per heavy atom. The number of hydrogen-bond acceptors (Lipinski definition) is 2. The Bertz CT molecular complexity index is 594. The topological polar surface area (TPSA) is 45.8 Å². The third-order valence-corrected chi connectivity index (χ3v) is 3.47. The minimum Gasteiger partial charge on any atom is -0.318 e. The van der Waals surface area contributed by atoms with E-state index in [9.17, 15) is 4.79 Å². The fourth-order valence-electron chi connectivity index (χ4n) is 1.55. The Kier molecular flexibility index (Phi) is 3.30. The van der Waals surface area contributed by atoms with Gasteiger partial charge in [-0.2, -0.15) is 0 Å². The quantitative estimate of drug-likeness (QED) is 0.867. The second-order valence-electron chi connectivity index (χ2n) is 3.43. The van der Waals surface area contributed by atoms with Crippen LogP contribution in [0.5, 0.6) is 0 Å². The number of aryl methyl sites for hydroxylation is 1. The van der Waals surface area contributed by atoms with Crippen molar-refractivity contribution in [3.63, 3.8) is 0 Å². The van der Waals surface area contributed by atoms with E-state index in [1.807, 2.05) is 19.1 Å². The summed E-state index contributed by atoms with van der Waals surface area (Å²) in [5.74, 6) is 0. The number of benzene rings is 1. The van der Waals surface area contributed by atoms with Gasteiger partial charge in [-0.05, 0) is 18.1 Å². The molecule has 0 aliphatic rings. The summed E-state index contributed by atoms with van der Waals surface area (Å²) in [6.45, 7) is 1.90. The number of nitrogens with zero attached hydrogens (tertiary/aromatic N) is 1. The maximum atomic E-state index is 11.6. The number of hydrogen-bond donors (Lipinski definition) is 1. The maximum absolute atomic E-state index is 11.6. The standard InChI is InChI=1S/C11H10BrClN2O/c1-2-7-11(16)15-10-8(14-7)4-3-6(5-12)9(10)13/h3-4H,2,5H2,1H3,(H,15,16). The molecule has 0 radical (unpaired) electrons. The first-order chi connectivity index (χ1) is 7.67. The van der Waals surface area contributed by atoms with Crippen molar-refractivity contribution in [3.05, 3.63) is 38.8 Å². The van der Waals surface area contributed by atoms with E-state index in [0.29, 0.717) is 28.0 Å². The van der Waals surface area contributed by atoms with Crippen LogP contribution in [-0.2, 0) is 11.8 Å². The summed E-state index contributed by atoms with van der Waals surface area (Å²) in [5.41, 5.74) is 2.65. The van der Waals surface area contributed by atoms with Crippen LogP contribution < -0.4 is 5.56 Å². The molecule has 1 N–H and O–H groups in total. The molecule has 0 saturated carbocycles. The van der Waals surface area contributed by atoms with Crippen LogP contribution in [0.15, 0.2) is 16.9 Å². The number of nitrogens with one attached hydrogen (secondary N) is 1. The summed E-state index contributed by atoms with van der Waals surface area (Å²) in [5, 5.41) is 1.21. The van der Waals surface area contributed by atoms with Gasteiger partial charge in [-0.15, -0.1) is 0 Å². The second-order valence-corrected chi connectivity index (χ2v) is 4.37. The van der Waals surface area contributed by atoms with E-state index in [-0.39, 0.29) is 5.56 Å². The van der Waals surface area contributed by atoms with E-state index in [4.69, 9.17) is 11.6 Å². The van der Waals surface area contributed by atoms with Crippen molar-refractivity contribution < 1.29 is 0 Å². The fraction of sp³-hybridized carbons (Fsp3) is 0.273. The van der Waals surface area contributed by atoms with Gasteiger partial charge in [-0.25, -0.2) is 4.98 Å². The summed E-state index contributed by atoms with van der Waals surface area (Å²) in [6, 6.07) is 3.77. The molecule has 1 heterocycles. The van der Waals surface area contributed by atoms with E-state index < -0.39 is 0 Å². The lowest BCUT2D eigenvalue weighted by molar-refractivity contribution is 0.996. The van der Waals surface area contributed by atoms with Crippen molar-refractivity contribution >= 4 is 38.6 Å². The Labute approximate surface area is 106 Å². The third kappa shape index (κ3) is 1.87. The van der Waals surface area contributed by atoms with Crippen molar-refractivity contribution in [2.45, 2.75) is 18.7 Å². The maximum Gasteiger partial charge on any atom is 0.270 e. The number of alkyl halides is 1. The number of H-pyrrole nitrogens is 1. The van der Waals surface area contributed by atoms with Crippen LogP contribution in [0.2, 0.25) is 5.02 Å². The van der Waals surface area contributed by atoms with Crippen LogP contribution in [0.4, 0.5) is 0 Å². The van der Waals surface area contributed by atoms with E-state index in [2.05, 4.69) is 25.9 Å². The normalized spacial score (nSPS) is 10.9. The van der Waals surface area contributed by atoms with Gasteiger partial charge >= 0.3 is 0 Å². The van der Waals surface area contributed by atoms with Crippen LogP contribution in [0.1, 0.15) is 18.2 Å². The van der Waals surface area contributed by atoms with Crippen molar-refractivity contribution in [3.8, 4) is 0 Å². The first-order valence-electron chi connectivity index (χ1n) is 4.93. The minimum atomic E-state index is -0.163. The minimum absolute atomic E-state index is 0.163. The van der Waals surface area contributed by atoms with Crippen LogP contribution in [0, 0.1) is 0 Å². The Balaban J connectivity index is 2.81. The molecule has 0 amide bonds. The zero-order valence-corrected chi connectivity index (χ0v) is 11.0. The number of aromatic nitrogens is 2. The lowest BCUT2D eigenvalue weighted by Crippen LogP contribution is -2.14.